The van der Waals surface area contributed by atoms with E-state index in [0.29, 0.717) is 6.54 Å². The largest absolute Gasteiger partial charge is 0.380 e. The molecule has 0 spiro atoms. The molecule has 6 heteroatoms. The monoisotopic (exact) mass is 252 g/mol. The average Bonchev–Trinajstić information content (AvgIpc) is 3.01. The maximum Gasteiger partial charge on any atom is 0.153 e. The van der Waals surface area contributed by atoms with Crippen molar-refractivity contribution in [2.24, 2.45) is 0 Å². The van der Waals surface area contributed by atoms with E-state index in [2.05, 4.69) is 25.4 Å². The van der Waals surface area contributed by atoms with Crippen LogP contribution in [0.3, 0.4) is 0 Å². The number of anilines is 1. The Morgan fingerprint density at radius 2 is 2.00 bits per heavy atom. The molecule has 1 N–H and O–H groups in total. The second-order valence-corrected chi connectivity index (χ2v) is 3.96. The van der Waals surface area contributed by atoms with Crippen LogP contribution >= 0.6 is 0 Å². The molecular weight excluding hydrogens is 240 g/mol. The Hall–Kier alpha value is -2.76. The highest BCUT2D eigenvalue weighted by molar-refractivity contribution is 5.43. The van der Waals surface area contributed by atoms with Crippen molar-refractivity contribution in [3.63, 3.8) is 0 Å². The summed E-state index contributed by atoms with van der Waals surface area (Å²) in [5, 5.41) is 7.39. The van der Waals surface area contributed by atoms with Crippen molar-refractivity contribution in [3.8, 4) is 5.82 Å². The summed E-state index contributed by atoms with van der Waals surface area (Å²) in [7, 11) is 0. The molecule has 0 aliphatic carbocycles. The lowest BCUT2D eigenvalue weighted by Gasteiger charge is -2.06. The summed E-state index contributed by atoms with van der Waals surface area (Å²) in [6.45, 7) is 0.670. The third kappa shape index (κ3) is 2.74. The van der Waals surface area contributed by atoms with Crippen LogP contribution in [0.15, 0.2) is 55.5 Å². The van der Waals surface area contributed by atoms with Crippen molar-refractivity contribution < 1.29 is 0 Å². The molecule has 19 heavy (non-hydrogen) atoms. The second kappa shape index (κ2) is 5.26. The minimum absolute atomic E-state index is 0.670. The van der Waals surface area contributed by atoms with Gasteiger partial charge < -0.3 is 5.32 Å². The minimum atomic E-state index is 0.670. The lowest BCUT2D eigenvalue weighted by molar-refractivity contribution is 0.847. The molecular formula is C13H12N6. The third-order valence-corrected chi connectivity index (χ3v) is 2.60. The van der Waals surface area contributed by atoms with E-state index >= 15 is 0 Å². The normalized spacial score (nSPS) is 10.3. The number of hydrogen-bond acceptors (Lipinski definition) is 5. The first-order valence-electron chi connectivity index (χ1n) is 5.86. The van der Waals surface area contributed by atoms with E-state index in [1.54, 1.807) is 29.5 Å². The van der Waals surface area contributed by atoms with Gasteiger partial charge in [-0.2, -0.15) is 5.10 Å². The number of pyridine rings is 1. The highest BCUT2D eigenvalue weighted by Crippen LogP contribution is 2.10. The van der Waals surface area contributed by atoms with Gasteiger partial charge in [-0.15, -0.1) is 0 Å². The van der Waals surface area contributed by atoms with Crippen LogP contribution in [0.25, 0.3) is 5.82 Å². The third-order valence-electron chi connectivity index (χ3n) is 2.60. The lowest BCUT2D eigenvalue weighted by Crippen LogP contribution is -2.02. The molecule has 0 bridgehead atoms. The summed E-state index contributed by atoms with van der Waals surface area (Å²) >= 11 is 0. The van der Waals surface area contributed by atoms with E-state index in [1.165, 1.54) is 6.33 Å². The zero-order valence-electron chi connectivity index (χ0n) is 10.1. The SMILES string of the molecule is c1cnn(-c2ccc(NCc3cncnc3)cn2)c1. The molecule has 0 saturated heterocycles. The molecule has 0 aliphatic rings. The molecule has 94 valence electrons. The van der Waals surface area contributed by atoms with Crippen molar-refractivity contribution in [1.29, 1.82) is 0 Å². The zero-order valence-corrected chi connectivity index (χ0v) is 10.1. The van der Waals surface area contributed by atoms with Gasteiger partial charge in [-0.25, -0.2) is 19.6 Å². The van der Waals surface area contributed by atoms with Crippen LogP contribution in [0.5, 0.6) is 0 Å². The molecule has 3 heterocycles. The molecule has 0 unspecified atom stereocenters. The van der Waals surface area contributed by atoms with Gasteiger partial charge in [0.2, 0.25) is 0 Å². The van der Waals surface area contributed by atoms with E-state index in [0.717, 1.165) is 17.1 Å². The summed E-state index contributed by atoms with van der Waals surface area (Å²) in [5.41, 5.74) is 1.97. The van der Waals surface area contributed by atoms with E-state index in [9.17, 15) is 0 Å². The highest BCUT2D eigenvalue weighted by atomic mass is 15.3. The fourth-order valence-electron chi connectivity index (χ4n) is 1.66. The summed E-state index contributed by atoms with van der Waals surface area (Å²) < 4.78 is 1.72. The summed E-state index contributed by atoms with van der Waals surface area (Å²) in [6, 6.07) is 5.74. The van der Waals surface area contributed by atoms with Crippen LogP contribution in [0.2, 0.25) is 0 Å². The van der Waals surface area contributed by atoms with Crippen molar-refractivity contribution in [3.05, 3.63) is 61.1 Å². The predicted octanol–water partition coefficient (Wildman–Crippen LogP) is 1.67. The number of aromatic nitrogens is 5. The first-order valence-corrected chi connectivity index (χ1v) is 5.86. The topological polar surface area (TPSA) is 68.5 Å². The van der Waals surface area contributed by atoms with Crippen LogP contribution in [0.4, 0.5) is 5.69 Å². The van der Waals surface area contributed by atoms with Gasteiger partial charge in [0.05, 0.1) is 11.9 Å². The average molecular weight is 252 g/mol. The van der Waals surface area contributed by atoms with Crippen LogP contribution < -0.4 is 5.32 Å². The Bertz CT molecular complexity index is 618. The number of nitrogens with zero attached hydrogens (tertiary/aromatic N) is 5. The molecule has 3 aromatic rings. The molecule has 0 amide bonds. The van der Waals surface area contributed by atoms with Crippen molar-refractivity contribution in [1.82, 2.24) is 24.7 Å². The molecule has 6 nitrogen and oxygen atoms in total. The quantitative estimate of drug-likeness (QED) is 0.765. The number of hydrogen-bond donors (Lipinski definition) is 1. The Morgan fingerprint density at radius 1 is 1.11 bits per heavy atom. The number of rotatable bonds is 4. The van der Waals surface area contributed by atoms with E-state index in [-0.39, 0.29) is 0 Å². The molecule has 0 aliphatic heterocycles. The first-order chi connectivity index (χ1) is 9.42. The predicted molar refractivity (Wildman–Crippen MR) is 70.7 cm³/mol. The van der Waals surface area contributed by atoms with Crippen LogP contribution in [-0.4, -0.2) is 24.7 Å². The Kier molecular flexibility index (Phi) is 3.14. The van der Waals surface area contributed by atoms with Crippen LogP contribution in [0, 0.1) is 0 Å². The maximum atomic E-state index is 4.34. The van der Waals surface area contributed by atoms with Crippen molar-refractivity contribution in [2.75, 3.05) is 5.32 Å². The molecule has 0 aromatic carbocycles. The summed E-state index contributed by atoms with van der Waals surface area (Å²) in [6.07, 6.45) is 10.4. The number of nitrogens with one attached hydrogen (secondary N) is 1. The fraction of sp³-hybridized carbons (Fsp3) is 0.0769. The second-order valence-electron chi connectivity index (χ2n) is 3.96. The Balaban J connectivity index is 1.67. The standard InChI is InChI=1S/C13H12N6/c1-4-18-19(5-1)13-3-2-12(9-17-13)16-8-11-6-14-10-15-7-11/h1-7,9-10,16H,8H2. The van der Waals surface area contributed by atoms with Gasteiger partial charge in [-0.3, -0.25) is 0 Å². The van der Waals surface area contributed by atoms with E-state index < -0.39 is 0 Å². The fourth-order valence-corrected chi connectivity index (χ4v) is 1.66. The smallest absolute Gasteiger partial charge is 0.153 e. The minimum Gasteiger partial charge on any atom is -0.380 e. The summed E-state index contributed by atoms with van der Waals surface area (Å²) in [5.74, 6) is 0.790. The highest BCUT2D eigenvalue weighted by Gasteiger charge is 1.98. The van der Waals surface area contributed by atoms with Gasteiger partial charge in [-0.1, -0.05) is 0 Å². The molecule has 3 aromatic heterocycles. The molecule has 0 saturated carbocycles. The van der Waals surface area contributed by atoms with E-state index in [1.807, 2.05) is 24.4 Å². The molecule has 0 fully saturated rings. The van der Waals surface area contributed by atoms with Gasteiger partial charge in [0.25, 0.3) is 0 Å². The van der Waals surface area contributed by atoms with Gasteiger partial charge in [0, 0.05) is 36.9 Å². The summed E-state index contributed by atoms with van der Waals surface area (Å²) in [4.78, 5) is 12.3. The van der Waals surface area contributed by atoms with Crippen LogP contribution in [0.1, 0.15) is 5.56 Å². The van der Waals surface area contributed by atoms with Gasteiger partial charge >= 0.3 is 0 Å². The van der Waals surface area contributed by atoms with E-state index in [4.69, 9.17) is 0 Å². The zero-order chi connectivity index (χ0) is 12.9. The molecule has 3 rings (SSSR count). The van der Waals surface area contributed by atoms with Gasteiger partial charge in [-0.05, 0) is 18.2 Å². The van der Waals surface area contributed by atoms with Gasteiger partial charge in [0.1, 0.15) is 6.33 Å². The maximum absolute atomic E-state index is 4.34. The molecule has 0 atom stereocenters. The first kappa shape index (κ1) is 11.3. The lowest BCUT2D eigenvalue weighted by atomic mass is 10.3. The Morgan fingerprint density at radius 3 is 2.68 bits per heavy atom. The van der Waals surface area contributed by atoms with Crippen molar-refractivity contribution in [2.45, 2.75) is 6.54 Å². The van der Waals surface area contributed by atoms with Crippen molar-refractivity contribution >= 4 is 5.69 Å². The van der Waals surface area contributed by atoms with Crippen LogP contribution in [-0.2, 0) is 6.54 Å². The molecule has 0 radical (unpaired) electrons. The van der Waals surface area contributed by atoms with Gasteiger partial charge in [0.15, 0.2) is 5.82 Å². The Labute approximate surface area is 110 Å².